The van der Waals surface area contributed by atoms with Gasteiger partial charge in [0.15, 0.2) is 11.5 Å². The highest BCUT2D eigenvalue weighted by molar-refractivity contribution is 5.96. The minimum Gasteiger partial charge on any atom is -0.493 e. The van der Waals surface area contributed by atoms with E-state index in [0.717, 1.165) is 18.4 Å². The molecule has 0 saturated carbocycles. The van der Waals surface area contributed by atoms with Crippen LogP contribution < -0.4 is 20.2 Å². The Balaban J connectivity index is 1.82. The first-order valence-corrected chi connectivity index (χ1v) is 10.5. The fourth-order valence-corrected chi connectivity index (χ4v) is 2.98. The van der Waals surface area contributed by atoms with E-state index in [0.29, 0.717) is 29.2 Å². The Labute approximate surface area is 183 Å². The minimum atomic E-state index is -0.342. The molecule has 7 heteroatoms. The third-order valence-corrected chi connectivity index (χ3v) is 4.73. The molecule has 2 aromatic carbocycles. The van der Waals surface area contributed by atoms with E-state index >= 15 is 0 Å². The maximum absolute atomic E-state index is 12.3. The number of amides is 2. The summed E-state index contributed by atoms with van der Waals surface area (Å²) in [5.41, 5.74) is 4.36. The summed E-state index contributed by atoms with van der Waals surface area (Å²) in [6.45, 7) is 2.17. The number of hydrazone groups is 1. The zero-order valence-corrected chi connectivity index (χ0v) is 18.4. The Hall–Kier alpha value is -3.35. The molecule has 0 heterocycles. The molecule has 0 fully saturated rings. The lowest BCUT2D eigenvalue weighted by molar-refractivity contribution is -0.116. The fourth-order valence-electron chi connectivity index (χ4n) is 2.98. The van der Waals surface area contributed by atoms with E-state index in [4.69, 9.17) is 9.47 Å². The molecule has 31 heavy (non-hydrogen) atoms. The number of carbonyl (C=O) groups is 2. The molecule has 0 aliphatic heterocycles. The number of rotatable bonds is 12. The van der Waals surface area contributed by atoms with Crippen molar-refractivity contribution in [3.05, 3.63) is 53.6 Å². The van der Waals surface area contributed by atoms with Crippen LogP contribution in [0.5, 0.6) is 11.5 Å². The SMILES string of the molecule is CCCCCCCC(=O)Nc1ccc(C(=O)N/N=C\c2ccc(OC)c(OC)c2)cc1. The van der Waals surface area contributed by atoms with Crippen molar-refractivity contribution in [3.8, 4) is 11.5 Å². The van der Waals surface area contributed by atoms with Gasteiger partial charge in [-0.15, -0.1) is 0 Å². The van der Waals surface area contributed by atoms with E-state index in [1.165, 1.54) is 25.5 Å². The van der Waals surface area contributed by atoms with Crippen LogP contribution in [0, 0.1) is 0 Å². The standard InChI is InChI=1S/C24H31N3O4/c1-4-5-6-7-8-9-23(28)26-20-13-11-19(12-14-20)24(29)27-25-17-18-10-15-21(30-2)22(16-18)31-3/h10-17H,4-9H2,1-3H3,(H,26,28)(H,27,29)/b25-17-. The normalized spacial score (nSPS) is 10.7. The maximum atomic E-state index is 12.3. The molecule has 0 spiro atoms. The molecule has 0 aromatic heterocycles. The quantitative estimate of drug-likeness (QED) is 0.291. The molecule has 0 bridgehead atoms. The van der Waals surface area contributed by atoms with E-state index in [2.05, 4.69) is 22.8 Å². The minimum absolute atomic E-state index is 0.00628. The van der Waals surface area contributed by atoms with Crippen molar-refractivity contribution >= 4 is 23.7 Å². The number of benzene rings is 2. The van der Waals surface area contributed by atoms with E-state index in [1.54, 1.807) is 56.7 Å². The van der Waals surface area contributed by atoms with Crippen molar-refractivity contribution in [1.29, 1.82) is 0 Å². The number of nitrogens with one attached hydrogen (secondary N) is 2. The van der Waals surface area contributed by atoms with Crippen LogP contribution in [0.4, 0.5) is 5.69 Å². The van der Waals surface area contributed by atoms with Crippen molar-refractivity contribution in [2.75, 3.05) is 19.5 Å². The first-order valence-electron chi connectivity index (χ1n) is 10.5. The number of anilines is 1. The molecular formula is C24H31N3O4. The van der Waals surface area contributed by atoms with E-state index in [-0.39, 0.29) is 11.8 Å². The summed E-state index contributed by atoms with van der Waals surface area (Å²) in [5, 5.41) is 6.85. The average Bonchev–Trinajstić information content (AvgIpc) is 2.79. The summed E-state index contributed by atoms with van der Waals surface area (Å²) in [6, 6.07) is 12.1. The molecule has 0 aliphatic rings. The Morgan fingerprint density at radius 2 is 1.65 bits per heavy atom. The lowest BCUT2D eigenvalue weighted by atomic mass is 10.1. The third-order valence-electron chi connectivity index (χ3n) is 4.73. The molecule has 0 saturated heterocycles. The summed E-state index contributed by atoms with van der Waals surface area (Å²) in [6.07, 6.45) is 7.57. The number of carbonyl (C=O) groups excluding carboxylic acids is 2. The predicted molar refractivity (Wildman–Crippen MR) is 123 cm³/mol. The molecule has 166 valence electrons. The Morgan fingerprint density at radius 3 is 2.32 bits per heavy atom. The number of ether oxygens (including phenoxy) is 2. The van der Waals surface area contributed by atoms with Crippen LogP contribution in [-0.2, 0) is 4.79 Å². The van der Waals surface area contributed by atoms with Crippen LogP contribution in [0.2, 0.25) is 0 Å². The van der Waals surface area contributed by atoms with Crippen LogP contribution in [0.25, 0.3) is 0 Å². The van der Waals surface area contributed by atoms with Gasteiger partial charge < -0.3 is 14.8 Å². The lowest BCUT2D eigenvalue weighted by Crippen LogP contribution is -2.17. The molecule has 2 amide bonds. The zero-order chi connectivity index (χ0) is 22.5. The lowest BCUT2D eigenvalue weighted by Gasteiger charge is -2.07. The van der Waals surface area contributed by atoms with Crippen molar-refractivity contribution < 1.29 is 19.1 Å². The molecule has 0 unspecified atom stereocenters. The largest absolute Gasteiger partial charge is 0.493 e. The molecular weight excluding hydrogens is 394 g/mol. The van der Waals surface area contributed by atoms with Gasteiger partial charge in [-0.3, -0.25) is 9.59 Å². The van der Waals surface area contributed by atoms with Gasteiger partial charge in [-0.1, -0.05) is 32.6 Å². The van der Waals surface area contributed by atoms with Crippen molar-refractivity contribution in [2.45, 2.75) is 45.4 Å². The van der Waals surface area contributed by atoms with Crippen LogP contribution in [0.1, 0.15) is 61.4 Å². The van der Waals surface area contributed by atoms with Crippen LogP contribution in [-0.4, -0.2) is 32.2 Å². The maximum Gasteiger partial charge on any atom is 0.271 e. The van der Waals surface area contributed by atoms with Gasteiger partial charge in [0, 0.05) is 17.7 Å². The summed E-state index contributed by atoms with van der Waals surface area (Å²) in [4.78, 5) is 24.3. The number of unbranched alkanes of at least 4 members (excludes halogenated alkanes) is 4. The van der Waals surface area contributed by atoms with Gasteiger partial charge in [0.1, 0.15) is 0 Å². The van der Waals surface area contributed by atoms with Crippen molar-refractivity contribution in [3.63, 3.8) is 0 Å². The average molecular weight is 426 g/mol. The summed E-state index contributed by atoms with van der Waals surface area (Å²) in [5.74, 6) is 0.850. The topological polar surface area (TPSA) is 89.0 Å². The molecule has 2 aromatic rings. The third kappa shape index (κ3) is 8.12. The van der Waals surface area contributed by atoms with Gasteiger partial charge in [0.2, 0.25) is 5.91 Å². The smallest absolute Gasteiger partial charge is 0.271 e. The van der Waals surface area contributed by atoms with Crippen LogP contribution in [0.3, 0.4) is 0 Å². The van der Waals surface area contributed by atoms with E-state index in [1.807, 2.05) is 0 Å². The van der Waals surface area contributed by atoms with Gasteiger partial charge in [-0.05, 0) is 54.4 Å². The van der Waals surface area contributed by atoms with Gasteiger partial charge in [0.25, 0.3) is 5.91 Å². The van der Waals surface area contributed by atoms with Gasteiger partial charge >= 0.3 is 0 Å². The molecule has 0 aliphatic carbocycles. The number of hydrogen-bond acceptors (Lipinski definition) is 5. The highest BCUT2D eigenvalue weighted by atomic mass is 16.5. The van der Waals surface area contributed by atoms with Crippen molar-refractivity contribution in [1.82, 2.24) is 5.43 Å². The van der Waals surface area contributed by atoms with E-state index in [9.17, 15) is 9.59 Å². The Kier molecular flexibility index (Phi) is 10.1. The monoisotopic (exact) mass is 425 g/mol. The van der Waals surface area contributed by atoms with Crippen LogP contribution in [0.15, 0.2) is 47.6 Å². The van der Waals surface area contributed by atoms with Gasteiger partial charge in [0.05, 0.1) is 20.4 Å². The summed E-state index contributed by atoms with van der Waals surface area (Å²) < 4.78 is 10.4. The van der Waals surface area contributed by atoms with Gasteiger partial charge in [-0.2, -0.15) is 5.10 Å². The highest BCUT2D eigenvalue weighted by Gasteiger charge is 2.07. The first kappa shape index (κ1) is 23.9. The highest BCUT2D eigenvalue weighted by Crippen LogP contribution is 2.26. The van der Waals surface area contributed by atoms with Crippen molar-refractivity contribution in [2.24, 2.45) is 5.10 Å². The predicted octanol–water partition coefficient (Wildman–Crippen LogP) is 4.77. The fraction of sp³-hybridized carbons (Fsp3) is 0.375. The Bertz CT molecular complexity index is 879. The molecule has 0 atom stereocenters. The second-order valence-electron chi connectivity index (χ2n) is 7.10. The summed E-state index contributed by atoms with van der Waals surface area (Å²) in [7, 11) is 3.12. The molecule has 2 N–H and O–H groups in total. The number of methoxy groups -OCH3 is 2. The second kappa shape index (κ2) is 13.1. The zero-order valence-electron chi connectivity index (χ0n) is 18.4. The van der Waals surface area contributed by atoms with Crippen LogP contribution >= 0.6 is 0 Å². The number of nitrogens with zero attached hydrogens (tertiary/aromatic N) is 1. The van der Waals surface area contributed by atoms with E-state index < -0.39 is 0 Å². The summed E-state index contributed by atoms with van der Waals surface area (Å²) >= 11 is 0. The molecule has 0 radical (unpaired) electrons. The molecule has 2 rings (SSSR count). The second-order valence-corrected chi connectivity index (χ2v) is 7.10. The Morgan fingerprint density at radius 1 is 0.935 bits per heavy atom. The number of hydrogen-bond donors (Lipinski definition) is 2. The van der Waals surface area contributed by atoms with Gasteiger partial charge in [-0.25, -0.2) is 5.43 Å². The molecule has 7 nitrogen and oxygen atoms in total. The first-order chi connectivity index (χ1) is 15.1.